The van der Waals surface area contributed by atoms with Crippen molar-refractivity contribution in [1.29, 1.82) is 5.41 Å². The van der Waals surface area contributed by atoms with Gasteiger partial charge in [0.15, 0.2) is 5.96 Å². The van der Waals surface area contributed by atoms with E-state index in [9.17, 15) is 9.18 Å². The van der Waals surface area contributed by atoms with Crippen LogP contribution in [0.25, 0.3) is 0 Å². The van der Waals surface area contributed by atoms with Crippen LogP contribution in [0.3, 0.4) is 0 Å². The number of guanidine groups is 1. The molecule has 1 aromatic rings. The maximum Gasteiger partial charge on any atom is 0.326 e. The Labute approximate surface area is 96.5 Å². The Balaban J connectivity index is 2.73. The molecule has 0 aliphatic rings. The summed E-state index contributed by atoms with van der Waals surface area (Å²) in [4.78, 5) is 11.3. The van der Waals surface area contributed by atoms with E-state index < -0.39 is 11.8 Å². The van der Waals surface area contributed by atoms with Gasteiger partial charge in [-0.2, -0.15) is 0 Å². The molecule has 0 heterocycles. The highest BCUT2D eigenvalue weighted by molar-refractivity contribution is 6.33. The van der Waals surface area contributed by atoms with Gasteiger partial charge in [-0.1, -0.05) is 17.7 Å². The normalized spacial score (nSPS) is 9.44. The van der Waals surface area contributed by atoms with Crippen molar-refractivity contribution in [3.8, 4) is 0 Å². The summed E-state index contributed by atoms with van der Waals surface area (Å²) in [7, 11) is 1.47. The van der Waals surface area contributed by atoms with E-state index in [1.54, 1.807) is 0 Å². The summed E-state index contributed by atoms with van der Waals surface area (Å²) in [5.41, 5.74) is -0.120. The summed E-state index contributed by atoms with van der Waals surface area (Å²) in [5.74, 6) is -0.844. The zero-order valence-electron chi connectivity index (χ0n) is 8.40. The predicted octanol–water partition coefficient (Wildman–Crippen LogP) is 1.75. The van der Waals surface area contributed by atoms with Gasteiger partial charge in [-0.15, -0.1) is 0 Å². The minimum absolute atomic E-state index is 0.0890. The summed E-state index contributed by atoms with van der Waals surface area (Å²) in [6, 6.07) is 3.30. The summed E-state index contributed by atoms with van der Waals surface area (Å²) in [6.45, 7) is 0. The molecule has 0 bridgehead atoms. The lowest BCUT2D eigenvalue weighted by Gasteiger charge is -2.09. The molecule has 5 nitrogen and oxygen atoms in total. The number of hydrogen-bond acceptors (Lipinski definition) is 2. The van der Waals surface area contributed by atoms with Gasteiger partial charge in [-0.3, -0.25) is 10.7 Å². The fourth-order valence-electron chi connectivity index (χ4n) is 0.938. The molecule has 0 aliphatic heterocycles. The summed E-state index contributed by atoms with van der Waals surface area (Å²) in [5, 5.41) is 14.0. The SMILES string of the molecule is CNC(=N)NC(=O)Nc1c(F)cccc1Cl. The third-order valence-corrected chi connectivity index (χ3v) is 2.00. The monoisotopic (exact) mass is 244 g/mol. The smallest absolute Gasteiger partial charge is 0.326 e. The zero-order chi connectivity index (χ0) is 12.1. The number of carbonyl (C=O) groups is 1. The molecule has 1 aromatic carbocycles. The number of anilines is 1. The molecule has 0 aromatic heterocycles. The highest BCUT2D eigenvalue weighted by Gasteiger charge is 2.10. The average Bonchev–Trinajstić information content (AvgIpc) is 2.23. The number of para-hydroxylation sites is 1. The van der Waals surface area contributed by atoms with Crippen molar-refractivity contribution in [3.05, 3.63) is 29.0 Å². The molecule has 0 atom stereocenters. The van der Waals surface area contributed by atoms with Crippen LogP contribution in [0.2, 0.25) is 5.02 Å². The number of nitrogens with one attached hydrogen (secondary N) is 4. The number of carbonyl (C=O) groups excluding carboxylic acids is 1. The summed E-state index contributed by atoms with van der Waals surface area (Å²) >= 11 is 5.69. The van der Waals surface area contributed by atoms with E-state index in [2.05, 4.69) is 16.0 Å². The molecule has 0 radical (unpaired) electrons. The highest BCUT2D eigenvalue weighted by atomic mass is 35.5. The van der Waals surface area contributed by atoms with E-state index >= 15 is 0 Å². The molecule has 1 rings (SSSR count). The molecule has 0 saturated heterocycles. The first-order valence-electron chi connectivity index (χ1n) is 4.33. The Morgan fingerprint density at radius 3 is 2.75 bits per heavy atom. The van der Waals surface area contributed by atoms with Gasteiger partial charge in [0.1, 0.15) is 5.82 Å². The van der Waals surface area contributed by atoms with Crippen LogP contribution in [-0.2, 0) is 0 Å². The third-order valence-electron chi connectivity index (χ3n) is 1.69. The van der Waals surface area contributed by atoms with Gasteiger partial charge < -0.3 is 10.6 Å². The third kappa shape index (κ3) is 3.09. The number of amides is 2. The zero-order valence-corrected chi connectivity index (χ0v) is 9.15. The van der Waals surface area contributed by atoms with E-state index in [4.69, 9.17) is 17.0 Å². The molecule has 0 unspecified atom stereocenters. The van der Waals surface area contributed by atoms with Crippen LogP contribution >= 0.6 is 11.6 Å². The molecule has 0 aliphatic carbocycles. The Kier molecular flexibility index (Phi) is 4.07. The average molecular weight is 245 g/mol. The topological polar surface area (TPSA) is 77.0 Å². The van der Waals surface area contributed by atoms with Gasteiger partial charge in [0, 0.05) is 7.05 Å². The Hall–Kier alpha value is -1.82. The fourth-order valence-corrected chi connectivity index (χ4v) is 1.15. The number of halogens is 2. The van der Waals surface area contributed by atoms with Crippen LogP contribution in [0.5, 0.6) is 0 Å². The second-order valence-electron chi connectivity index (χ2n) is 2.80. The number of benzene rings is 1. The van der Waals surface area contributed by atoms with Crippen LogP contribution in [0.4, 0.5) is 14.9 Å². The van der Waals surface area contributed by atoms with E-state index in [0.29, 0.717) is 0 Å². The first kappa shape index (κ1) is 12.3. The molecule has 0 spiro atoms. The molecule has 2 amide bonds. The summed E-state index contributed by atoms with van der Waals surface area (Å²) < 4.78 is 13.2. The van der Waals surface area contributed by atoms with Crippen LogP contribution in [0, 0.1) is 11.2 Å². The first-order valence-corrected chi connectivity index (χ1v) is 4.70. The minimum Gasteiger partial charge on any atom is -0.359 e. The van der Waals surface area contributed by atoms with Gasteiger partial charge in [-0.25, -0.2) is 9.18 Å². The Morgan fingerprint density at radius 1 is 1.50 bits per heavy atom. The van der Waals surface area contributed by atoms with E-state index in [1.165, 1.54) is 25.2 Å². The van der Waals surface area contributed by atoms with E-state index in [0.717, 1.165) is 0 Å². The lowest BCUT2D eigenvalue weighted by Crippen LogP contribution is -2.40. The first-order chi connectivity index (χ1) is 7.54. The highest BCUT2D eigenvalue weighted by Crippen LogP contribution is 2.24. The van der Waals surface area contributed by atoms with E-state index in [1.807, 2.05) is 0 Å². The van der Waals surface area contributed by atoms with Gasteiger partial charge in [0.05, 0.1) is 10.7 Å². The lowest BCUT2D eigenvalue weighted by molar-refractivity contribution is 0.255. The lowest BCUT2D eigenvalue weighted by atomic mass is 10.3. The molecule has 0 saturated carbocycles. The van der Waals surface area contributed by atoms with Crippen molar-refractivity contribution in [2.75, 3.05) is 12.4 Å². The van der Waals surface area contributed by atoms with Crippen molar-refractivity contribution in [3.63, 3.8) is 0 Å². The minimum atomic E-state index is -0.744. The summed E-state index contributed by atoms with van der Waals surface area (Å²) in [6.07, 6.45) is 0. The van der Waals surface area contributed by atoms with Gasteiger partial charge in [0.2, 0.25) is 0 Å². The van der Waals surface area contributed by atoms with Crippen molar-refractivity contribution in [2.24, 2.45) is 0 Å². The molecular weight excluding hydrogens is 235 g/mol. The van der Waals surface area contributed by atoms with Crippen molar-refractivity contribution in [2.45, 2.75) is 0 Å². The molecule has 7 heteroatoms. The van der Waals surface area contributed by atoms with Crippen LogP contribution in [-0.4, -0.2) is 19.0 Å². The largest absolute Gasteiger partial charge is 0.359 e. The fraction of sp³-hybridized carbons (Fsp3) is 0.111. The quantitative estimate of drug-likeness (QED) is 0.449. The van der Waals surface area contributed by atoms with Gasteiger partial charge in [0.25, 0.3) is 0 Å². The van der Waals surface area contributed by atoms with Gasteiger partial charge >= 0.3 is 6.03 Å². The second-order valence-corrected chi connectivity index (χ2v) is 3.21. The number of rotatable bonds is 1. The van der Waals surface area contributed by atoms with Crippen molar-refractivity contribution >= 4 is 29.3 Å². The molecule has 0 fully saturated rings. The van der Waals surface area contributed by atoms with Crippen molar-refractivity contribution < 1.29 is 9.18 Å². The maximum absolute atomic E-state index is 13.2. The van der Waals surface area contributed by atoms with Crippen LogP contribution < -0.4 is 16.0 Å². The van der Waals surface area contributed by atoms with E-state index in [-0.39, 0.29) is 16.7 Å². The number of hydrogen-bond donors (Lipinski definition) is 4. The van der Waals surface area contributed by atoms with Crippen LogP contribution in [0.1, 0.15) is 0 Å². The Morgan fingerprint density at radius 2 is 2.19 bits per heavy atom. The maximum atomic E-state index is 13.2. The van der Waals surface area contributed by atoms with Crippen molar-refractivity contribution in [1.82, 2.24) is 10.6 Å². The molecule has 86 valence electrons. The Bertz CT molecular complexity index is 404. The number of urea groups is 1. The van der Waals surface area contributed by atoms with Crippen LogP contribution in [0.15, 0.2) is 18.2 Å². The molecular formula is C9H10ClFN4O. The van der Waals surface area contributed by atoms with Gasteiger partial charge in [-0.05, 0) is 12.1 Å². The predicted molar refractivity (Wildman–Crippen MR) is 60.4 cm³/mol. The second kappa shape index (κ2) is 5.32. The molecule has 16 heavy (non-hydrogen) atoms. The molecule has 4 N–H and O–H groups in total. The standard InChI is InChI=1S/C9H10ClFN4O/c1-13-8(12)15-9(16)14-7-5(10)3-2-4-6(7)11/h2-4H,1H3,(H4,12,13,14,15,16).